The predicted molar refractivity (Wildman–Crippen MR) is 59.0 cm³/mol. The number of hydrogen-bond donors (Lipinski definition) is 3. The van der Waals surface area contributed by atoms with Crippen LogP contribution in [0.1, 0.15) is 20.3 Å². The largest absolute Gasteiger partial charge is 0.465 e. The Bertz CT molecular complexity index is 293. The molecule has 6 nitrogen and oxygen atoms in total. The molecule has 4 N–H and O–H groups in total. The molecule has 1 rings (SSSR count). The van der Waals surface area contributed by atoms with Crippen molar-refractivity contribution < 1.29 is 14.7 Å². The van der Waals surface area contributed by atoms with Gasteiger partial charge < -0.3 is 16.2 Å². The standard InChI is InChI=1S/C10H19N3O3/c1-7(2)5-8(14)10(11)6-12-3-4-13(10)9(15)16/h7,12H,3-6,11H2,1-2H3,(H,15,16). The number of amides is 1. The van der Waals surface area contributed by atoms with E-state index in [0.717, 1.165) is 4.90 Å². The average Bonchev–Trinajstić information content (AvgIpc) is 2.16. The number of hydrogen-bond acceptors (Lipinski definition) is 4. The number of ketones is 1. The Labute approximate surface area is 94.8 Å². The Balaban J connectivity index is 2.85. The number of nitrogens with zero attached hydrogens (tertiary/aromatic N) is 1. The first-order valence-electron chi connectivity index (χ1n) is 5.41. The van der Waals surface area contributed by atoms with Gasteiger partial charge in [0.25, 0.3) is 0 Å². The van der Waals surface area contributed by atoms with Crippen molar-refractivity contribution in [2.75, 3.05) is 19.6 Å². The second-order valence-corrected chi connectivity index (χ2v) is 4.56. The van der Waals surface area contributed by atoms with Crippen LogP contribution < -0.4 is 11.1 Å². The molecule has 0 aromatic heterocycles. The third-order valence-electron chi connectivity index (χ3n) is 2.70. The maximum Gasteiger partial charge on any atom is 0.409 e. The summed E-state index contributed by atoms with van der Waals surface area (Å²) in [5.74, 6) is -0.0532. The zero-order valence-corrected chi connectivity index (χ0v) is 9.69. The Morgan fingerprint density at radius 3 is 2.69 bits per heavy atom. The topological polar surface area (TPSA) is 95.7 Å². The van der Waals surface area contributed by atoms with E-state index in [1.54, 1.807) is 0 Å². The van der Waals surface area contributed by atoms with Crippen molar-refractivity contribution in [1.29, 1.82) is 0 Å². The van der Waals surface area contributed by atoms with Crippen LogP contribution >= 0.6 is 0 Å². The molecule has 1 fully saturated rings. The Morgan fingerprint density at radius 2 is 2.19 bits per heavy atom. The lowest BCUT2D eigenvalue weighted by Gasteiger charge is -2.41. The summed E-state index contributed by atoms with van der Waals surface area (Å²) in [6.45, 7) is 4.77. The molecule has 16 heavy (non-hydrogen) atoms. The number of nitrogens with one attached hydrogen (secondary N) is 1. The number of nitrogens with two attached hydrogens (primary N) is 1. The van der Waals surface area contributed by atoms with Gasteiger partial charge in [0, 0.05) is 26.1 Å². The van der Waals surface area contributed by atoms with Gasteiger partial charge in [-0.25, -0.2) is 4.79 Å². The third kappa shape index (κ3) is 2.51. The number of carbonyl (C=O) groups is 2. The van der Waals surface area contributed by atoms with E-state index in [4.69, 9.17) is 10.8 Å². The lowest BCUT2D eigenvalue weighted by molar-refractivity contribution is -0.131. The first-order valence-corrected chi connectivity index (χ1v) is 5.41. The number of Topliss-reactive ketones (excluding diaryl/α,β-unsaturated/α-hetero) is 1. The second kappa shape index (κ2) is 4.80. The first-order chi connectivity index (χ1) is 7.38. The van der Waals surface area contributed by atoms with E-state index in [1.165, 1.54) is 0 Å². The molecule has 1 heterocycles. The molecule has 0 saturated carbocycles. The minimum atomic E-state index is -1.41. The molecule has 1 unspecified atom stereocenters. The third-order valence-corrected chi connectivity index (χ3v) is 2.70. The molecule has 92 valence electrons. The summed E-state index contributed by atoms with van der Waals surface area (Å²) in [7, 11) is 0. The van der Waals surface area contributed by atoms with Crippen LogP contribution in [-0.2, 0) is 4.79 Å². The van der Waals surface area contributed by atoms with Gasteiger partial charge in [-0.1, -0.05) is 13.8 Å². The fraction of sp³-hybridized carbons (Fsp3) is 0.800. The van der Waals surface area contributed by atoms with E-state index >= 15 is 0 Å². The van der Waals surface area contributed by atoms with Crippen LogP contribution in [-0.4, -0.2) is 47.2 Å². The molecule has 1 amide bonds. The van der Waals surface area contributed by atoms with Crippen LogP contribution in [0.5, 0.6) is 0 Å². The number of rotatable bonds is 3. The van der Waals surface area contributed by atoms with Crippen molar-refractivity contribution in [3.8, 4) is 0 Å². The number of piperazine rings is 1. The van der Waals surface area contributed by atoms with Crippen LogP contribution in [0, 0.1) is 5.92 Å². The van der Waals surface area contributed by atoms with E-state index < -0.39 is 11.8 Å². The van der Waals surface area contributed by atoms with Crippen LogP contribution in [0.2, 0.25) is 0 Å². The fourth-order valence-corrected chi connectivity index (χ4v) is 1.83. The van der Waals surface area contributed by atoms with Crippen LogP contribution in [0.3, 0.4) is 0 Å². The second-order valence-electron chi connectivity index (χ2n) is 4.56. The minimum absolute atomic E-state index is 0.172. The fourth-order valence-electron chi connectivity index (χ4n) is 1.83. The highest BCUT2D eigenvalue weighted by molar-refractivity contribution is 5.91. The zero-order chi connectivity index (χ0) is 12.3. The normalized spacial score (nSPS) is 25.9. The SMILES string of the molecule is CC(C)CC(=O)C1(N)CNCCN1C(=O)O. The summed E-state index contributed by atoms with van der Waals surface area (Å²) in [5.41, 5.74) is 4.52. The predicted octanol–water partition coefficient (Wildman–Crippen LogP) is -0.160. The summed E-state index contributed by atoms with van der Waals surface area (Å²) >= 11 is 0. The van der Waals surface area contributed by atoms with Crippen molar-refractivity contribution in [1.82, 2.24) is 10.2 Å². The number of carboxylic acid groups (broad SMARTS) is 1. The first kappa shape index (κ1) is 12.9. The highest BCUT2D eigenvalue weighted by atomic mass is 16.4. The van der Waals surface area contributed by atoms with Gasteiger partial charge in [-0.15, -0.1) is 0 Å². The molecule has 0 spiro atoms. The average molecular weight is 229 g/mol. The van der Waals surface area contributed by atoms with Crippen LogP contribution in [0.4, 0.5) is 4.79 Å². The highest BCUT2D eigenvalue weighted by Crippen LogP contribution is 2.17. The molecule has 1 aliphatic rings. The molecule has 0 radical (unpaired) electrons. The van der Waals surface area contributed by atoms with E-state index in [1.807, 2.05) is 13.8 Å². The van der Waals surface area contributed by atoms with Gasteiger partial charge in [-0.05, 0) is 5.92 Å². The maximum absolute atomic E-state index is 12.0. The van der Waals surface area contributed by atoms with Gasteiger partial charge in [0.15, 0.2) is 11.4 Å². The Hall–Kier alpha value is -1.14. The summed E-state index contributed by atoms with van der Waals surface area (Å²) in [5, 5.41) is 12.0. The summed E-state index contributed by atoms with van der Waals surface area (Å²) in [6.07, 6.45) is -0.844. The van der Waals surface area contributed by atoms with E-state index in [0.29, 0.717) is 13.0 Å². The lowest BCUT2D eigenvalue weighted by atomic mass is 9.94. The van der Waals surface area contributed by atoms with Crippen LogP contribution in [0.15, 0.2) is 0 Å². The quantitative estimate of drug-likeness (QED) is 0.625. The molecular weight excluding hydrogens is 210 g/mol. The lowest BCUT2D eigenvalue weighted by Crippen LogP contribution is -2.72. The van der Waals surface area contributed by atoms with Gasteiger partial charge in [-0.3, -0.25) is 9.69 Å². The van der Waals surface area contributed by atoms with Gasteiger partial charge >= 0.3 is 6.09 Å². The van der Waals surface area contributed by atoms with E-state index in [-0.39, 0.29) is 24.8 Å². The van der Waals surface area contributed by atoms with E-state index in [9.17, 15) is 9.59 Å². The van der Waals surface area contributed by atoms with Crippen LogP contribution in [0.25, 0.3) is 0 Å². The molecule has 0 bridgehead atoms. The minimum Gasteiger partial charge on any atom is -0.465 e. The van der Waals surface area contributed by atoms with Gasteiger partial charge in [0.2, 0.25) is 0 Å². The van der Waals surface area contributed by atoms with Crippen molar-refractivity contribution in [2.24, 2.45) is 11.7 Å². The maximum atomic E-state index is 12.0. The monoisotopic (exact) mass is 229 g/mol. The molecule has 0 aromatic rings. The molecule has 1 aliphatic heterocycles. The van der Waals surface area contributed by atoms with Crippen molar-refractivity contribution >= 4 is 11.9 Å². The Morgan fingerprint density at radius 1 is 1.56 bits per heavy atom. The summed E-state index contributed by atoms with van der Waals surface area (Å²) in [4.78, 5) is 24.0. The smallest absolute Gasteiger partial charge is 0.409 e. The molecule has 1 atom stereocenters. The molecule has 1 saturated heterocycles. The highest BCUT2D eigenvalue weighted by Gasteiger charge is 2.44. The van der Waals surface area contributed by atoms with Crippen molar-refractivity contribution in [2.45, 2.75) is 25.9 Å². The molecule has 0 aromatic carbocycles. The summed E-state index contributed by atoms with van der Waals surface area (Å²) in [6, 6.07) is 0. The molecular formula is C10H19N3O3. The number of carbonyl (C=O) groups excluding carboxylic acids is 1. The molecule has 0 aliphatic carbocycles. The summed E-state index contributed by atoms with van der Waals surface area (Å²) < 4.78 is 0. The van der Waals surface area contributed by atoms with Crippen molar-refractivity contribution in [3.05, 3.63) is 0 Å². The Kier molecular flexibility index (Phi) is 3.88. The molecule has 6 heteroatoms. The van der Waals surface area contributed by atoms with Gasteiger partial charge in [0.05, 0.1) is 0 Å². The zero-order valence-electron chi connectivity index (χ0n) is 9.69. The van der Waals surface area contributed by atoms with E-state index in [2.05, 4.69) is 5.32 Å². The van der Waals surface area contributed by atoms with Gasteiger partial charge in [0.1, 0.15) is 0 Å². The van der Waals surface area contributed by atoms with Gasteiger partial charge in [-0.2, -0.15) is 0 Å². The van der Waals surface area contributed by atoms with Crippen molar-refractivity contribution in [3.63, 3.8) is 0 Å².